The first-order valence-electron chi connectivity index (χ1n) is 10.4. The van der Waals surface area contributed by atoms with Crippen LogP contribution in [0.3, 0.4) is 0 Å². The molecule has 196 valence electrons. The summed E-state index contributed by atoms with van der Waals surface area (Å²) < 4.78 is 36.1. The van der Waals surface area contributed by atoms with E-state index in [0.29, 0.717) is 0 Å². The highest BCUT2D eigenvalue weighted by atomic mass is 31.2. The van der Waals surface area contributed by atoms with Crippen LogP contribution in [0.1, 0.15) is 20.8 Å². The molecule has 2 unspecified atom stereocenters. The van der Waals surface area contributed by atoms with Gasteiger partial charge in [-0.2, -0.15) is 0 Å². The molecule has 0 radical (unpaired) electrons. The molecule has 0 bridgehead atoms. The molecule has 2 atom stereocenters. The van der Waals surface area contributed by atoms with E-state index in [0.717, 1.165) is 6.66 Å². The van der Waals surface area contributed by atoms with Crippen molar-refractivity contribution in [3.63, 3.8) is 0 Å². The number of rotatable bonds is 16. The van der Waals surface area contributed by atoms with Crippen molar-refractivity contribution >= 4 is 25.5 Å². The van der Waals surface area contributed by atoms with Gasteiger partial charge in [0.1, 0.15) is 17.8 Å². The van der Waals surface area contributed by atoms with Gasteiger partial charge >= 0.3 is 25.5 Å². The van der Waals surface area contributed by atoms with E-state index in [1.165, 1.54) is 0 Å². The van der Waals surface area contributed by atoms with Crippen LogP contribution in [0, 0.1) is 17.8 Å². The number of carbonyl (C=O) groups is 3. The Morgan fingerprint density at radius 3 is 1.15 bits per heavy atom. The Morgan fingerprint density at radius 2 is 0.909 bits per heavy atom. The number of hydrogen-bond donors (Lipinski definition) is 4. The number of ether oxygens (including phenoxy) is 3. The average Bonchev–Trinajstić information content (AvgIpc) is 2.76. The number of aliphatic hydroxyl groups excluding tert-OH is 4. The molecule has 33 heavy (non-hydrogen) atoms. The van der Waals surface area contributed by atoms with E-state index in [-0.39, 0.29) is 46.2 Å². The summed E-state index contributed by atoms with van der Waals surface area (Å²) in [5.41, 5.74) is 0. The van der Waals surface area contributed by atoms with E-state index in [1.54, 1.807) is 20.8 Å². The third-order valence-corrected chi connectivity index (χ3v) is 5.00. The van der Waals surface area contributed by atoms with Crippen LogP contribution in [-0.4, -0.2) is 104 Å². The molecule has 0 aromatic rings. The van der Waals surface area contributed by atoms with Crippen LogP contribution in [0.15, 0.2) is 0 Å². The Kier molecular flexibility index (Phi) is 20.2. The van der Waals surface area contributed by atoms with E-state index < -0.39 is 56.5 Å². The zero-order valence-corrected chi connectivity index (χ0v) is 20.4. The summed E-state index contributed by atoms with van der Waals surface area (Å²) in [7, 11) is -3.58. The quantitative estimate of drug-likeness (QED) is 0.118. The van der Waals surface area contributed by atoms with Crippen LogP contribution >= 0.6 is 7.60 Å². The van der Waals surface area contributed by atoms with E-state index >= 15 is 0 Å². The van der Waals surface area contributed by atoms with Gasteiger partial charge in [0.2, 0.25) is 0 Å². The fourth-order valence-corrected chi connectivity index (χ4v) is 2.84. The Morgan fingerprint density at radius 1 is 0.636 bits per heavy atom. The van der Waals surface area contributed by atoms with Gasteiger partial charge < -0.3 is 43.7 Å². The summed E-state index contributed by atoms with van der Waals surface area (Å²) >= 11 is 0. The van der Waals surface area contributed by atoms with E-state index in [4.69, 9.17) is 38.9 Å². The molecule has 0 heterocycles. The molecular weight excluding hydrogens is 467 g/mol. The van der Waals surface area contributed by atoms with Crippen LogP contribution in [0.25, 0.3) is 0 Å². The van der Waals surface area contributed by atoms with Crippen molar-refractivity contribution in [2.24, 2.45) is 17.8 Å². The smallest absolute Gasteiger partial charge is 0.327 e. The molecule has 0 saturated carbocycles. The summed E-state index contributed by atoms with van der Waals surface area (Å²) in [4.78, 5) is 33.6. The highest BCUT2D eigenvalue weighted by Crippen LogP contribution is 2.44. The highest BCUT2D eigenvalue weighted by Gasteiger charge is 2.28. The largest absolute Gasteiger partial charge is 0.466 e. The summed E-state index contributed by atoms with van der Waals surface area (Å²) in [6, 6.07) is 0. The summed E-state index contributed by atoms with van der Waals surface area (Å²) in [6.07, 6.45) is 0. The predicted molar refractivity (Wildman–Crippen MR) is 114 cm³/mol. The standard InChI is InChI=1S/C13H25O9P.C6H12O4/c1-4-19-12(16)10(6-14)8-21-23(3,18)22-9-11(7-15)13(17)20-5-2;1-2-10-6(9)5(3-7)4-8/h10-11,14-15H,4-9H2,1-3H3;5,7-8H,2-4H2,1H3. The lowest BCUT2D eigenvalue weighted by atomic mass is 10.2. The van der Waals surface area contributed by atoms with Gasteiger partial charge in [0, 0.05) is 6.66 Å². The molecular formula is C19H37O13P. The van der Waals surface area contributed by atoms with Gasteiger partial charge in [-0.3, -0.25) is 18.9 Å². The van der Waals surface area contributed by atoms with Gasteiger partial charge in [0.15, 0.2) is 0 Å². The second-order valence-electron chi connectivity index (χ2n) is 6.44. The van der Waals surface area contributed by atoms with Gasteiger partial charge in [-0.05, 0) is 20.8 Å². The average molecular weight is 504 g/mol. The third-order valence-electron chi connectivity index (χ3n) is 3.76. The lowest BCUT2D eigenvalue weighted by molar-refractivity contribution is -0.152. The van der Waals surface area contributed by atoms with Crippen LogP contribution in [0.2, 0.25) is 0 Å². The predicted octanol–water partition coefficient (Wildman–Crippen LogP) is -0.664. The van der Waals surface area contributed by atoms with E-state index in [9.17, 15) is 18.9 Å². The molecule has 4 N–H and O–H groups in total. The second-order valence-corrected chi connectivity index (χ2v) is 8.50. The lowest BCUT2D eigenvalue weighted by Crippen LogP contribution is -2.27. The minimum Gasteiger partial charge on any atom is -0.466 e. The van der Waals surface area contributed by atoms with Crippen molar-refractivity contribution in [1.82, 2.24) is 0 Å². The fourth-order valence-electron chi connectivity index (χ4n) is 1.87. The first-order valence-corrected chi connectivity index (χ1v) is 12.4. The molecule has 0 rings (SSSR count). The van der Waals surface area contributed by atoms with Gasteiger partial charge in [-0.25, -0.2) is 0 Å². The van der Waals surface area contributed by atoms with Gasteiger partial charge in [0.25, 0.3) is 0 Å². The molecule has 0 saturated heterocycles. The molecule has 0 aliphatic heterocycles. The lowest BCUT2D eigenvalue weighted by Gasteiger charge is -2.19. The van der Waals surface area contributed by atoms with Crippen molar-refractivity contribution < 1.29 is 62.6 Å². The van der Waals surface area contributed by atoms with Gasteiger partial charge in [-0.1, -0.05) is 0 Å². The van der Waals surface area contributed by atoms with Crippen LogP contribution in [0.5, 0.6) is 0 Å². The van der Waals surface area contributed by atoms with Gasteiger partial charge in [0.05, 0.1) is 59.5 Å². The first-order chi connectivity index (χ1) is 15.6. The maximum absolute atomic E-state index is 12.1. The normalized spacial score (nSPS) is 14.3. The van der Waals surface area contributed by atoms with Crippen molar-refractivity contribution in [2.75, 3.05) is 66.1 Å². The maximum Gasteiger partial charge on any atom is 0.327 e. The molecule has 0 aromatic heterocycles. The summed E-state index contributed by atoms with van der Waals surface area (Å²) in [5, 5.41) is 35.1. The third kappa shape index (κ3) is 15.8. The number of hydrogen-bond acceptors (Lipinski definition) is 13. The second kappa shape index (κ2) is 19.8. The molecule has 0 fully saturated rings. The summed E-state index contributed by atoms with van der Waals surface area (Å²) in [6.45, 7) is 4.13. The fraction of sp³-hybridized carbons (Fsp3) is 0.842. The van der Waals surface area contributed by atoms with Crippen molar-refractivity contribution in [2.45, 2.75) is 20.8 Å². The van der Waals surface area contributed by atoms with Crippen LogP contribution < -0.4 is 0 Å². The van der Waals surface area contributed by atoms with Gasteiger partial charge in [-0.15, -0.1) is 0 Å². The van der Waals surface area contributed by atoms with Crippen LogP contribution in [0.4, 0.5) is 0 Å². The Bertz CT molecular complexity index is 560. The van der Waals surface area contributed by atoms with Crippen LogP contribution in [-0.2, 0) is 42.2 Å². The number of aliphatic hydroxyl groups is 4. The zero-order valence-electron chi connectivity index (χ0n) is 19.5. The topological polar surface area (TPSA) is 195 Å². The molecule has 14 heteroatoms. The maximum atomic E-state index is 12.1. The molecule has 0 aliphatic carbocycles. The van der Waals surface area contributed by atoms with E-state index in [1.807, 2.05) is 0 Å². The number of esters is 3. The SMILES string of the molecule is CCOC(=O)C(CO)CO.CCOC(=O)C(CO)COP(C)(=O)OCC(CO)C(=O)OCC. The molecule has 0 spiro atoms. The molecule has 0 aromatic carbocycles. The highest BCUT2D eigenvalue weighted by molar-refractivity contribution is 7.52. The first kappa shape index (κ1) is 33.6. The summed E-state index contributed by atoms with van der Waals surface area (Å²) in [5.74, 6) is -4.63. The van der Waals surface area contributed by atoms with Crippen molar-refractivity contribution in [1.29, 1.82) is 0 Å². The van der Waals surface area contributed by atoms with Crippen molar-refractivity contribution in [3.8, 4) is 0 Å². The molecule has 0 aliphatic rings. The Hall–Kier alpha value is -1.60. The zero-order chi connectivity index (χ0) is 25.9. The Labute approximate surface area is 193 Å². The molecule has 13 nitrogen and oxygen atoms in total. The van der Waals surface area contributed by atoms with Crippen molar-refractivity contribution in [3.05, 3.63) is 0 Å². The minimum absolute atomic E-state index is 0.146. The van der Waals surface area contributed by atoms with E-state index in [2.05, 4.69) is 4.74 Å². The monoisotopic (exact) mass is 504 g/mol. The Balaban J connectivity index is 0. The minimum atomic E-state index is -3.58. The number of carbonyl (C=O) groups excluding carboxylic acids is 3. The molecule has 0 amide bonds.